The van der Waals surface area contributed by atoms with E-state index in [1.807, 2.05) is 0 Å². The molecule has 2 aliphatic carbocycles. The largest absolute Gasteiger partial charge is 0.370 e. The number of rotatable bonds is 2. The van der Waals surface area contributed by atoms with Crippen LogP contribution in [0, 0.1) is 11.8 Å². The number of amides is 4. The van der Waals surface area contributed by atoms with Crippen LogP contribution in [-0.2, 0) is 19.1 Å². The van der Waals surface area contributed by atoms with Crippen molar-refractivity contribution in [1.29, 1.82) is 0 Å². The summed E-state index contributed by atoms with van der Waals surface area (Å²) in [6, 6.07) is -0.428. The summed E-state index contributed by atoms with van der Waals surface area (Å²) in [6.45, 7) is 0.647. The Labute approximate surface area is 140 Å². The van der Waals surface area contributed by atoms with Gasteiger partial charge in [0, 0.05) is 24.9 Å². The van der Waals surface area contributed by atoms with E-state index in [4.69, 9.17) is 9.47 Å². The zero-order valence-corrected chi connectivity index (χ0v) is 13.6. The fourth-order valence-electron chi connectivity index (χ4n) is 4.64. The molecule has 130 valence electrons. The van der Waals surface area contributed by atoms with Crippen molar-refractivity contribution in [3.63, 3.8) is 0 Å². The highest BCUT2D eigenvalue weighted by Gasteiger charge is 2.50. The summed E-state index contributed by atoms with van der Waals surface area (Å²) in [7, 11) is 0. The number of urea groups is 1. The van der Waals surface area contributed by atoms with E-state index in [-0.39, 0.29) is 35.9 Å². The molecule has 6 unspecified atom stereocenters. The second-order valence-corrected chi connectivity index (χ2v) is 7.71. The Kier molecular flexibility index (Phi) is 3.25. The molecule has 3 saturated heterocycles. The summed E-state index contributed by atoms with van der Waals surface area (Å²) in [5.74, 6) is -0.525. The van der Waals surface area contributed by atoms with Crippen LogP contribution >= 0.6 is 0 Å². The van der Waals surface area contributed by atoms with Gasteiger partial charge in [-0.05, 0) is 38.5 Å². The van der Waals surface area contributed by atoms with E-state index in [1.165, 1.54) is 9.80 Å². The molecule has 0 bridgehead atoms. The minimum Gasteiger partial charge on any atom is -0.370 e. The summed E-state index contributed by atoms with van der Waals surface area (Å²) in [5, 5.41) is 0. The molecule has 2 saturated carbocycles. The van der Waals surface area contributed by atoms with Gasteiger partial charge in [0.25, 0.3) is 0 Å². The molecule has 24 heavy (non-hydrogen) atoms. The fourth-order valence-corrected chi connectivity index (χ4v) is 4.64. The fraction of sp³-hybridized carbons (Fsp3) is 0.824. The Bertz CT molecular complexity index is 558. The first kappa shape index (κ1) is 14.8. The topological polar surface area (TPSA) is 82.8 Å². The molecule has 0 aromatic carbocycles. The van der Waals surface area contributed by atoms with Gasteiger partial charge in [0.05, 0.1) is 24.4 Å². The number of carbonyl (C=O) groups is 3. The maximum absolute atomic E-state index is 12.7. The number of hydrogen-bond acceptors (Lipinski definition) is 5. The van der Waals surface area contributed by atoms with E-state index in [0.29, 0.717) is 38.1 Å². The van der Waals surface area contributed by atoms with E-state index >= 15 is 0 Å². The molecule has 0 aromatic heterocycles. The van der Waals surface area contributed by atoms with Crippen molar-refractivity contribution in [2.24, 2.45) is 11.8 Å². The minimum absolute atomic E-state index is 0.126. The highest BCUT2D eigenvalue weighted by Crippen LogP contribution is 2.41. The van der Waals surface area contributed by atoms with Gasteiger partial charge >= 0.3 is 6.03 Å². The molecule has 4 amide bonds. The first-order valence-corrected chi connectivity index (χ1v) is 9.09. The molecule has 5 fully saturated rings. The van der Waals surface area contributed by atoms with Gasteiger partial charge in [-0.2, -0.15) is 0 Å². The minimum atomic E-state index is -0.428. The predicted octanol–water partition coefficient (Wildman–Crippen LogP) is 0.912. The van der Waals surface area contributed by atoms with Crippen LogP contribution in [0.1, 0.15) is 38.5 Å². The van der Waals surface area contributed by atoms with E-state index in [0.717, 1.165) is 25.7 Å². The van der Waals surface area contributed by atoms with Crippen LogP contribution in [0.3, 0.4) is 0 Å². The maximum Gasteiger partial charge on any atom is 0.333 e. The Morgan fingerprint density at radius 1 is 0.750 bits per heavy atom. The third kappa shape index (κ3) is 2.37. The number of hydrogen-bond donors (Lipinski definition) is 0. The summed E-state index contributed by atoms with van der Waals surface area (Å²) in [6.07, 6.45) is 5.86. The molecular formula is C17H22N2O5. The molecule has 3 heterocycles. The van der Waals surface area contributed by atoms with Crippen molar-refractivity contribution in [1.82, 2.24) is 9.80 Å². The number of imide groups is 2. The summed E-state index contributed by atoms with van der Waals surface area (Å²) in [5.41, 5.74) is 0. The average Bonchev–Trinajstić information content (AvgIpc) is 3.49. The first-order valence-electron chi connectivity index (χ1n) is 9.09. The molecule has 0 spiro atoms. The van der Waals surface area contributed by atoms with Crippen LogP contribution in [0.2, 0.25) is 0 Å². The van der Waals surface area contributed by atoms with Gasteiger partial charge in [-0.15, -0.1) is 0 Å². The third-order valence-electron chi connectivity index (χ3n) is 6.25. The standard InChI is InChI=1S/C17H22N2O5/c20-15(9-1-3-11-13(7-9)23-11)18-5-6-19(17(18)22)16(21)10-2-4-12-14(8-10)24-12/h9-14H,1-8H2. The Morgan fingerprint density at radius 3 is 1.62 bits per heavy atom. The van der Waals surface area contributed by atoms with Gasteiger partial charge in [-0.3, -0.25) is 19.4 Å². The van der Waals surface area contributed by atoms with Gasteiger partial charge in [-0.1, -0.05) is 0 Å². The highest BCUT2D eigenvalue weighted by molar-refractivity contribution is 6.04. The lowest BCUT2D eigenvalue weighted by molar-refractivity contribution is -0.133. The van der Waals surface area contributed by atoms with Crippen molar-refractivity contribution in [3.8, 4) is 0 Å². The van der Waals surface area contributed by atoms with Gasteiger partial charge in [0.15, 0.2) is 0 Å². The molecule has 5 rings (SSSR count). The van der Waals surface area contributed by atoms with E-state index in [9.17, 15) is 14.4 Å². The van der Waals surface area contributed by atoms with Gasteiger partial charge in [0.2, 0.25) is 11.8 Å². The van der Waals surface area contributed by atoms with Gasteiger partial charge in [-0.25, -0.2) is 4.79 Å². The van der Waals surface area contributed by atoms with Crippen molar-refractivity contribution in [3.05, 3.63) is 0 Å². The Balaban J connectivity index is 1.22. The molecule has 7 heteroatoms. The second kappa shape index (κ2) is 5.26. The van der Waals surface area contributed by atoms with Crippen LogP contribution in [0.5, 0.6) is 0 Å². The van der Waals surface area contributed by atoms with E-state index in [1.54, 1.807) is 0 Å². The second-order valence-electron chi connectivity index (χ2n) is 7.71. The lowest BCUT2D eigenvalue weighted by Gasteiger charge is -2.25. The summed E-state index contributed by atoms with van der Waals surface area (Å²) in [4.78, 5) is 40.5. The number of epoxide rings is 2. The summed E-state index contributed by atoms with van der Waals surface area (Å²) >= 11 is 0. The van der Waals surface area contributed by atoms with Crippen LogP contribution in [0.4, 0.5) is 4.79 Å². The molecule has 0 aromatic rings. The molecule has 5 aliphatic rings. The van der Waals surface area contributed by atoms with Crippen LogP contribution < -0.4 is 0 Å². The van der Waals surface area contributed by atoms with Gasteiger partial charge in [0.1, 0.15) is 0 Å². The average molecular weight is 334 g/mol. The van der Waals surface area contributed by atoms with Crippen LogP contribution in [-0.4, -0.2) is 65.2 Å². The Morgan fingerprint density at radius 2 is 1.21 bits per heavy atom. The number of ether oxygens (including phenoxy) is 2. The lowest BCUT2D eigenvalue weighted by atomic mass is 9.88. The van der Waals surface area contributed by atoms with E-state index in [2.05, 4.69) is 0 Å². The van der Waals surface area contributed by atoms with Crippen LogP contribution in [0.15, 0.2) is 0 Å². The first-order chi connectivity index (χ1) is 11.6. The summed E-state index contributed by atoms with van der Waals surface area (Å²) < 4.78 is 10.9. The molecule has 6 atom stereocenters. The Hall–Kier alpha value is -1.47. The van der Waals surface area contributed by atoms with Crippen molar-refractivity contribution in [2.45, 2.75) is 62.9 Å². The zero-order valence-electron chi connectivity index (χ0n) is 13.6. The number of fused-ring (bicyclic) bond motifs is 2. The molecule has 0 radical (unpaired) electrons. The quantitative estimate of drug-likeness (QED) is 0.701. The molecular weight excluding hydrogens is 312 g/mol. The highest BCUT2D eigenvalue weighted by atomic mass is 16.6. The molecule has 0 N–H and O–H groups in total. The lowest BCUT2D eigenvalue weighted by Crippen LogP contribution is -2.44. The number of nitrogens with zero attached hydrogens (tertiary/aromatic N) is 2. The molecule has 3 aliphatic heterocycles. The normalized spacial score (nSPS) is 43.2. The third-order valence-corrected chi connectivity index (χ3v) is 6.25. The number of carbonyl (C=O) groups excluding carboxylic acids is 3. The maximum atomic E-state index is 12.7. The van der Waals surface area contributed by atoms with Crippen molar-refractivity contribution in [2.75, 3.05) is 13.1 Å². The smallest absolute Gasteiger partial charge is 0.333 e. The van der Waals surface area contributed by atoms with Crippen molar-refractivity contribution < 1.29 is 23.9 Å². The SMILES string of the molecule is O=C(C1CCC2OC2C1)N1CCN(C(=O)C2CCC3OC3C2)C1=O. The monoisotopic (exact) mass is 334 g/mol. The van der Waals surface area contributed by atoms with Crippen LogP contribution in [0.25, 0.3) is 0 Å². The molecule has 7 nitrogen and oxygen atoms in total. The van der Waals surface area contributed by atoms with Crippen molar-refractivity contribution >= 4 is 17.8 Å². The van der Waals surface area contributed by atoms with Gasteiger partial charge < -0.3 is 9.47 Å². The zero-order chi connectivity index (χ0) is 16.4. The van der Waals surface area contributed by atoms with E-state index < -0.39 is 6.03 Å². The predicted molar refractivity (Wildman–Crippen MR) is 80.8 cm³/mol.